The molecule has 5 rings (SSSR count). The first-order valence-corrected chi connectivity index (χ1v) is 13.9. The van der Waals surface area contributed by atoms with Gasteiger partial charge in [-0.3, -0.25) is 9.59 Å². The van der Waals surface area contributed by atoms with Crippen LogP contribution < -0.4 is 15.5 Å². The molecule has 4 aromatic carbocycles. The Morgan fingerprint density at radius 3 is 1.85 bits per heavy atom. The van der Waals surface area contributed by atoms with Gasteiger partial charge in [-0.25, -0.2) is 0 Å². The summed E-state index contributed by atoms with van der Waals surface area (Å²) in [6.45, 7) is 2.59. The van der Waals surface area contributed by atoms with Gasteiger partial charge in [0.05, 0.1) is 16.6 Å². The van der Waals surface area contributed by atoms with E-state index in [0.717, 1.165) is 16.8 Å². The van der Waals surface area contributed by atoms with Crippen molar-refractivity contribution in [3.8, 4) is 0 Å². The van der Waals surface area contributed by atoms with Crippen molar-refractivity contribution >= 4 is 52.1 Å². The Balaban J connectivity index is 1.20. The number of rotatable bonds is 6. The molecule has 1 aliphatic heterocycles. The van der Waals surface area contributed by atoms with Gasteiger partial charge in [0, 0.05) is 37.4 Å². The third-order valence-electron chi connectivity index (χ3n) is 6.90. The number of benzene rings is 4. The van der Waals surface area contributed by atoms with E-state index in [0.29, 0.717) is 42.5 Å². The summed E-state index contributed by atoms with van der Waals surface area (Å²) in [5.74, 6) is -0.677. The fourth-order valence-electron chi connectivity index (χ4n) is 4.89. The van der Waals surface area contributed by atoms with Crippen LogP contribution in [0.15, 0.2) is 109 Å². The van der Waals surface area contributed by atoms with Gasteiger partial charge in [0.2, 0.25) is 5.91 Å². The zero-order valence-corrected chi connectivity index (χ0v) is 23.4. The largest absolute Gasteiger partial charge is 0.367 e. The molecule has 1 saturated heterocycles. The minimum Gasteiger partial charge on any atom is -0.367 e. The first-order valence-electron chi connectivity index (χ1n) is 13.1. The highest BCUT2D eigenvalue weighted by atomic mass is 35.5. The fourth-order valence-corrected chi connectivity index (χ4v) is 5.41. The lowest BCUT2D eigenvalue weighted by Gasteiger charge is -2.36. The molecule has 0 saturated carbocycles. The average molecular weight is 569 g/mol. The summed E-state index contributed by atoms with van der Waals surface area (Å²) < 4.78 is 0. The van der Waals surface area contributed by atoms with Crippen LogP contribution in [0.2, 0.25) is 5.02 Å². The van der Waals surface area contributed by atoms with Crippen LogP contribution in [-0.4, -0.2) is 48.0 Å². The average Bonchev–Trinajstić information content (AvgIpc) is 2.98. The number of thiocarbonyl (C=S) groups is 1. The van der Waals surface area contributed by atoms with Crippen molar-refractivity contribution in [2.45, 2.75) is 5.92 Å². The molecule has 202 valence electrons. The summed E-state index contributed by atoms with van der Waals surface area (Å²) in [6.07, 6.45) is 0. The summed E-state index contributed by atoms with van der Waals surface area (Å²) >= 11 is 12.1. The van der Waals surface area contributed by atoms with Crippen LogP contribution in [-0.2, 0) is 4.79 Å². The smallest absolute Gasteiger partial charge is 0.253 e. The number of piperazine rings is 1. The molecule has 0 unspecified atom stereocenters. The minimum absolute atomic E-state index is 0.0447. The van der Waals surface area contributed by atoms with Crippen molar-refractivity contribution in [2.75, 3.05) is 36.4 Å². The quantitative estimate of drug-likeness (QED) is 0.282. The summed E-state index contributed by atoms with van der Waals surface area (Å²) in [6, 6.07) is 34.2. The lowest BCUT2D eigenvalue weighted by molar-refractivity contribution is -0.120. The number of carbonyl (C=O) groups is 2. The molecule has 0 radical (unpaired) electrons. The first-order chi connectivity index (χ1) is 19.5. The van der Waals surface area contributed by atoms with Crippen LogP contribution >= 0.6 is 23.8 Å². The lowest BCUT2D eigenvalue weighted by atomic mass is 9.90. The number of amides is 2. The molecule has 1 heterocycles. The van der Waals surface area contributed by atoms with Crippen molar-refractivity contribution in [2.24, 2.45) is 0 Å². The second kappa shape index (κ2) is 12.8. The molecule has 0 bridgehead atoms. The number of nitrogens with one attached hydrogen (secondary N) is 2. The van der Waals surface area contributed by atoms with Gasteiger partial charge >= 0.3 is 0 Å². The highest BCUT2D eigenvalue weighted by Gasteiger charge is 2.25. The van der Waals surface area contributed by atoms with Crippen molar-refractivity contribution in [3.05, 3.63) is 131 Å². The molecule has 0 spiro atoms. The van der Waals surface area contributed by atoms with Crippen molar-refractivity contribution in [1.82, 2.24) is 10.2 Å². The molecule has 6 nitrogen and oxygen atoms in total. The van der Waals surface area contributed by atoms with Crippen molar-refractivity contribution in [1.29, 1.82) is 0 Å². The standard InChI is InChI=1S/C32H29ClN4O2S/c33-27-22-26(16-17-28(27)36-18-20-37(21-19-36)31(39)25-14-8-3-9-15-25)34-32(40)35-30(38)29(23-10-4-1-5-11-23)24-12-6-2-7-13-24/h1-17,22,29H,18-21H2,(H2,34,35,38,40). The molecule has 1 aliphatic rings. The van der Waals surface area contributed by atoms with E-state index in [-0.39, 0.29) is 16.9 Å². The summed E-state index contributed by atoms with van der Waals surface area (Å²) in [5.41, 5.74) is 4.03. The lowest BCUT2D eigenvalue weighted by Crippen LogP contribution is -2.48. The molecule has 0 aliphatic carbocycles. The molecular weight excluding hydrogens is 540 g/mol. The van der Waals surface area contributed by atoms with Gasteiger partial charge in [-0.05, 0) is 53.7 Å². The number of hydrogen-bond donors (Lipinski definition) is 2. The maximum atomic E-state index is 13.3. The Morgan fingerprint density at radius 2 is 1.30 bits per heavy atom. The predicted octanol–water partition coefficient (Wildman–Crippen LogP) is 5.95. The van der Waals surface area contributed by atoms with Crippen molar-refractivity contribution < 1.29 is 9.59 Å². The van der Waals surface area contributed by atoms with E-state index in [1.807, 2.05) is 108 Å². The summed E-state index contributed by atoms with van der Waals surface area (Å²) in [7, 11) is 0. The SMILES string of the molecule is O=C(NC(=S)Nc1ccc(N2CCN(C(=O)c3ccccc3)CC2)c(Cl)c1)C(c1ccccc1)c1ccccc1. The molecule has 40 heavy (non-hydrogen) atoms. The van der Waals surface area contributed by atoms with Crippen molar-refractivity contribution in [3.63, 3.8) is 0 Å². The Bertz CT molecular complexity index is 1440. The van der Waals surface area contributed by atoms with Crippen LogP contribution in [0.1, 0.15) is 27.4 Å². The van der Waals surface area contributed by atoms with E-state index in [9.17, 15) is 9.59 Å². The minimum atomic E-state index is -0.499. The number of nitrogens with zero attached hydrogens (tertiary/aromatic N) is 2. The Morgan fingerprint density at radius 1 is 0.750 bits per heavy atom. The molecule has 0 aromatic heterocycles. The van der Waals surface area contributed by atoms with Gasteiger partial charge in [-0.2, -0.15) is 0 Å². The van der Waals surface area contributed by atoms with Gasteiger partial charge in [-0.15, -0.1) is 0 Å². The van der Waals surface area contributed by atoms with Crippen LogP contribution in [0.4, 0.5) is 11.4 Å². The molecular formula is C32H29ClN4O2S. The van der Waals surface area contributed by atoms with Crippen LogP contribution in [0, 0.1) is 0 Å². The zero-order chi connectivity index (χ0) is 27.9. The molecule has 8 heteroatoms. The van der Waals surface area contributed by atoms with E-state index in [4.69, 9.17) is 23.8 Å². The van der Waals surface area contributed by atoms with Crippen LogP contribution in [0.3, 0.4) is 0 Å². The fraction of sp³-hybridized carbons (Fsp3) is 0.156. The molecule has 4 aromatic rings. The van der Waals surface area contributed by atoms with Crippen LogP contribution in [0.5, 0.6) is 0 Å². The van der Waals surface area contributed by atoms with Gasteiger partial charge in [0.15, 0.2) is 5.11 Å². The van der Waals surface area contributed by atoms with Crippen LogP contribution in [0.25, 0.3) is 0 Å². The molecule has 2 amide bonds. The maximum absolute atomic E-state index is 13.3. The van der Waals surface area contributed by atoms with Gasteiger partial charge in [-0.1, -0.05) is 90.5 Å². The van der Waals surface area contributed by atoms with Gasteiger partial charge in [0.25, 0.3) is 5.91 Å². The number of anilines is 2. The van der Waals surface area contributed by atoms with Gasteiger partial charge < -0.3 is 20.4 Å². The Kier molecular flexibility index (Phi) is 8.74. The Labute approximate surface area is 244 Å². The zero-order valence-electron chi connectivity index (χ0n) is 21.8. The van der Waals surface area contributed by atoms with E-state index in [1.54, 1.807) is 6.07 Å². The molecule has 2 N–H and O–H groups in total. The van der Waals surface area contributed by atoms with E-state index >= 15 is 0 Å². The number of carbonyl (C=O) groups excluding carboxylic acids is 2. The van der Waals surface area contributed by atoms with Gasteiger partial charge in [0.1, 0.15) is 0 Å². The van der Waals surface area contributed by atoms with E-state index in [1.165, 1.54) is 0 Å². The predicted molar refractivity (Wildman–Crippen MR) is 165 cm³/mol. The summed E-state index contributed by atoms with van der Waals surface area (Å²) in [5, 5.41) is 6.68. The monoisotopic (exact) mass is 568 g/mol. The Hall–Kier alpha value is -4.20. The second-order valence-corrected chi connectivity index (χ2v) is 10.3. The second-order valence-electron chi connectivity index (χ2n) is 9.51. The number of halogens is 1. The highest BCUT2D eigenvalue weighted by molar-refractivity contribution is 7.80. The van der Waals surface area contributed by atoms with E-state index in [2.05, 4.69) is 15.5 Å². The number of hydrogen-bond acceptors (Lipinski definition) is 4. The topological polar surface area (TPSA) is 64.7 Å². The third-order valence-corrected chi connectivity index (χ3v) is 7.41. The third kappa shape index (κ3) is 6.50. The normalized spacial score (nSPS) is 13.2. The maximum Gasteiger partial charge on any atom is 0.253 e. The molecule has 0 atom stereocenters. The summed E-state index contributed by atoms with van der Waals surface area (Å²) in [4.78, 5) is 30.1. The highest BCUT2D eigenvalue weighted by Crippen LogP contribution is 2.30. The first kappa shape index (κ1) is 27.4. The molecule has 1 fully saturated rings. The van der Waals surface area contributed by atoms with E-state index < -0.39 is 5.92 Å².